The van der Waals surface area contributed by atoms with Crippen molar-refractivity contribution in [2.24, 2.45) is 0 Å². The summed E-state index contributed by atoms with van der Waals surface area (Å²) in [6.45, 7) is 2.55. The van der Waals surface area contributed by atoms with Crippen LogP contribution < -0.4 is 19.8 Å². The minimum Gasteiger partial charge on any atom is -0.494 e. The van der Waals surface area contributed by atoms with Crippen LogP contribution in [0.15, 0.2) is 76.1 Å². The van der Waals surface area contributed by atoms with Crippen LogP contribution in [0, 0.1) is 0 Å². The molecule has 0 bridgehead atoms. The maximum atomic E-state index is 12.5. The molecule has 0 fully saturated rings. The number of rotatable bonds is 9. The summed E-state index contributed by atoms with van der Waals surface area (Å²) in [5.41, 5.74) is 1.50. The van der Waals surface area contributed by atoms with E-state index in [0.717, 1.165) is 20.3 Å². The molecule has 0 spiro atoms. The minimum atomic E-state index is -3.77. The van der Waals surface area contributed by atoms with Crippen LogP contribution in [0.25, 0.3) is 10.2 Å². The van der Waals surface area contributed by atoms with E-state index in [1.54, 1.807) is 41.7 Å². The van der Waals surface area contributed by atoms with Crippen LogP contribution in [-0.2, 0) is 14.8 Å². The molecule has 2 aromatic carbocycles. The Balaban J connectivity index is 1.33. The van der Waals surface area contributed by atoms with Gasteiger partial charge in [0.2, 0.25) is 11.4 Å². The number of carbonyl (C=O) groups excluding carboxylic acids is 1. The lowest BCUT2D eigenvalue weighted by Gasteiger charge is -2.08. The molecule has 8 nitrogen and oxygen atoms in total. The molecule has 4 aromatic rings. The monoisotopic (exact) mass is 501 g/mol. The van der Waals surface area contributed by atoms with Crippen molar-refractivity contribution in [1.29, 1.82) is 0 Å². The van der Waals surface area contributed by atoms with E-state index in [9.17, 15) is 13.2 Å². The largest absolute Gasteiger partial charge is 0.494 e. The van der Waals surface area contributed by atoms with Gasteiger partial charge in [-0.25, -0.2) is 13.4 Å². The summed E-state index contributed by atoms with van der Waals surface area (Å²) in [5, 5.41) is 2.78. The fourth-order valence-corrected chi connectivity index (χ4v) is 5.88. The van der Waals surface area contributed by atoms with E-state index in [-0.39, 0.29) is 22.4 Å². The summed E-state index contributed by atoms with van der Waals surface area (Å²) in [5.74, 6) is 1.07. The van der Waals surface area contributed by atoms with Gasteiger partial charge in [0.1, 0.15) is 16.3 Å². The maximum Gasteiger partial charge on any atom is 0.297 e. The molecule has 0 atom stereocenters. The summed E-state index contributed by atoms with van der Waals surface area (Å²) in [6, 6.07) is 16.8. The predicted molar refractivity (Wildman–Crippen MR) is 130 cm³/mol. The van der Waals surface area contributed by atoms with Crippen molar-refractivity contribution in [2.45, 2.75) is 16.2 Å². The highest BCUT2D eigenvalue weighted by molar-refractivity contribution is 8.01. The zero-order valence-electron chi connectivity index (χ0n) is 17.6. The lowest BCUT2D eigenvalue weighted by Crippen LogP contribution is -2.16. The number of hydrogen-bond acceptors (Lipinski definition) is 7. The van der Waals surface area contributed by atoms with Gasteiger partial charge in [-0.15, -0.1) is 0 Å². The lowest BCUT2D eigenvalue weighted by atomic mass is 10.3. The van der Waals surface area contributed by atoms with E-state index >= 15 is 0 Å². The van der Waals surface area contributed by atoms with Crippen molar-refractivity contribution in [3.63, 3.8) is 0 Å². The molecule has 1 amide bonds. The fourth-order valence-electron chi connectivity index (χ4n) is 2.91. The first kappa shape index (κ1) is 23.0. The molecule has 0 saturated carbocycles. The fraction of sp³-hybridized carbons (Fsp3) is 0.136. The number of pyridine rings is 1. The number of aromatic nitrogens is 2. The van der Waals surface area contributed by atoms with Crippen LogP contribution in [0.5, 0.6) is 5.75 Å². The summed E-state index contributed by atoms with van der Waals surface area (Å²) in [6.07, 6.45) is 1.50. The zero-order valence-corrected chi connectivity index (χ0v) is 20.0. The van der Waals surface area contributed by atoms with Gasteiger partial charge in [-0.05, 0) is 61.2 Å². The number of H-pyrrole nitrogens is 1. The Morgan fingerprint density at radius 2 is 1.97 bits per heavy atom. The Bertz CT molecular complexity index is 1360. The van der Waals surface area contributed by atoms with Gasteiger partial charge < -0.3 is 10.1 Å². The molecule has 0 aliphatic rings. The summed E-state index contributed by atoms with van der Waals surface area (Å²) < 4.78 is 34.9. The molecular formula is C22H21N4O4S3+. The van der Waals surface area contributed by atoms with Gasteiger partial charge in [0, 0.05) is 24.0 Å². The second kappa shape index (κ2) is 10.2. The van der Waals surface area contributed by atoms with Crippen LogP contribution in [0.1, 0.15) is 6.92 Å². The SMILES string of the molecule is CCOc1ccc2[nH+]c(SCC(=O)Nc3ccc(S(=O)(=O)Nc4ccccn4)cc3)sc2c1. The van der Waals surface area contributed by atoms with Gasteiger partial charge in [-0.1, -0.05) is 17.4 Å². The summed E-state index contributed by atoms with van der Waals surface area (Å²) in [7, 11) is -3.77. The Hall–Kier alpha value is -3.15. The van der Waals surface area contributed by atoms with Gasteiger partial charge in [0.05, 0.1) is 17.3 Å². The molecule has 2 heterocycles. The maximum absolute atomic E-state index is 12.5. The average Bonchev–Trinajstić information content (AvgIpc) is 3.21. The molecule has 11 heteroatoms. The Labute approximate surface area is 199 Å². The van der Waals surface area contributed by atoms with E-state index in [2.05, 4.69) is 20.0 Å². The third-order valence-electron chi connectivity index (χ3n) is 4.39. The summed E-state index contributed by atoms with van der Waals surface area (Å²) in [4.78, 5) is 19.7. The normalized spacial score (nSPS) is 11.3. The molecule has 0 saturated heterocycles. The molecule has 170 valence electrons. The van der Waals surface area contributed by atoms with Crippen molar-refractivity contribution in [1.82, 2.24) is 4.98 Å². The van der Waals surface area contributed by atoms with Crippen LogP contribution in [0.4, 0.5) is 11.5 Å². The van der Waals surface area contributed by atoms with Gasteiger partial charge >= 0.3 is 0 Å². The molecule has 0 unspecified atom stereocenters. The number of anilines is 2. The van der Waals surface area contributed by atoms with Crippen LogP contribution in [0.2, 0.25) is 0 Å². The standard InChI is InChI=1S/C22H20N4O4S3/c1-2-30-16-8-11-18-19(13-16)32-22(25-18)31-14-21(27)24-15-6-9-17(10-7-15)33(28,29)26-20-5-3-4-12-23-20/h3-13H,2,14H2,1H3,(H,23,26)(H,24,27)/p+1. The summed E-state index contributed by atoms with van der Waals surface area (Å²) >= 11 is 2.96. The molecule has 2 aromatic heterocycles. The number of aromatic amines is 1. The van der Waals surface area contributed by atoms with Crippen molar-refractivity contribution in [2.75, 3.05) is 22.4 Å². The highest BCUT2D eigenvalue weighted by Gasteiger charge is 2.16. The first-order valence-corrected chi connectivity index (χ1v) is 13.3. The van der Waals surface area contributed by atoms with Crippen molar-refractivity contribution < 1.29 is 22.9 Å². The number of ether oxygens (including phenoxy) is 1. The van der Waals surface area contributed by atoms with Crippen LogP contribution >= 0.6 is 23.1 Å². The van der Waals surface area contributed by atoms with Crippen LogP contribution in [-0.4, -0.2) is 31.7 Å². The Morgan fingerprint density at radius 3 is 2.70 bits per heavy atom. The molecule has 33 heavy (non-hydrogen) atoms. The number of nitrogens with one attached hydrogen (secondary N) is 3. The number of thiazole rings is 1. The number of benzene rings is 2. The number of amides is 1. The van der Waals surface area contributed by atoms with Gasteiger partial charge in [0.15, 0.2) is 0 Å². The minimum absolute atomic E-state index is 0.0758. The average molecular weight is 502 g/mol. The third kappa shape index (κ3) is 6.01. The number of hydrogen-bond donors (Lipinski definition) is 2. The number of thioether (sulfide) groups is 1. The van der Waals surface area contributed by atoms with E-state index < -0.39 is 10.0 Å². The van der Waals surface area contributed by atoms with Gasteiger partial charge in [0.25, 0.3) is 14.4 Å². The van der Waals surface area contributed by atoms with E-state index in [1.165, 1.54) is 30.1 Å². The van der Waals surface area contributed by atoms with E-state index in [4.69, 9.17) is 4.74 Å². The number of carbonyl (C=O) groups is 1. The van der Waals surface area contributed by atoms with Gasteiger partial charge in [-0.2, -0.15) is 4.98 Å². The van der Waals surface area contributed by atoms with Crippen molar-refractivity contribution >= 4 is 60.8 Å². The topological polar surface area (TPSA) is 112 Å². The first-order chi connectivity index (χ1) is 15.9. The highest BCUT2D eigenvalue weighted by atomic mass is 32.2. The number of fused-ring (bicyclic) bond motifs is 1. The molecule has 0 radical (unpaired) electrons. The molecule has 4 rings (SSSR count). The molecule has 0 aliphatic heterocycles. The zero-order chi connectivity index (χ0) is 23.3. The molecule has 0 aliphatic carbocycles. The van der Waals surface area contributed by atoms with Crippen molar-refractivity contribution in [3.05, 3.63) is 66.9 Å². The van der Waals surface area contributed by atoms with Crippen LogP contribution in [0.3, 0.4) is 0 Å². The highest BCUT2D eigenvalue weighted by Crippen LogP contribution is 2.29. The van der Waals surface area contributed by atoms with E-state index in [0.29, 0.717) is 12.3 Å². The van der Waals surface area contributed by atoms with Crippen molar-refractivity contribution in [3.8, 4) is 5.75 Å². The number of sulfonamides is 1. The predicted octanol–water partition coefficient (Wildman–Crippen LogP) is 4.04. The second-order valence-electron chi connectivity index (χ2n) is 6.79. The second-order valence-corrected chi connectivity index (χ2v) is 10.8. The first-order valence-electron chi connectivity index (χ1n) is 9.98. The van der Waals surface area contributed by atoms with Gasteiger partial charge in [-0.3, -0.25) is 9.52 Å². The molecular weight excluding hydrogens is 480 g/mol. The van der Waals surface area contributed by atoms with E-state index in [1.807, 2.05) is 25.1 Å². The molecule has 3 N–H and O–H groups in total. The Morgan fingerprint density at radius 1 is 1.15 bits per heavy atom. The lowest BCUT2D eigenvalue weighted by molar-refractivity contribution is -0.385. The smallest absolute Gasteiger partial charge is 0.297 e. The Kier molecular flexibility index (Phi) is 7.11. The third-order valence-corrected chi connectivity index (χ3v) is 7.98. The quantitative estimate of drug-likeness (QED) is 0.335. The number of nitrogens with zero attached hydrogens (tertiary/aromatic N) is 1.